The van der Waals surface area contributed by atoms with Gasteiger partial charge in [-0.3, -0.25) is 0 Å². The van der Waals surface area contributed by atoms with Gasteiger partial charge in [0, 0.05) is 37.6 Å². The Morgan fingerprint density at radius 3 is 2.80 bits per heavy atom. The van der Waals surface area contributed by atoms with Gasteiger partial charge in [-0.2, -0.15) is 11.8 Å². The maximum atomic E-state index is 3.80. The van der Waals surface area contributed by atoms with Crippen molar-refractivity contribution >= 4 is 17.4 Å². The van der Waals surface area contributed by atoms with Gasteiger partial charge in [-0.25, -0.2) is 0 Å². The first kappa shape index (κ1) is 15.7. The second kappa shape index (κ2) is 7.37. The average Bonchev–Trinajstić information content (AvgIpc) is 2.42. The molecule has 2 unspecified atom stereocenters. The molecule has 0 aromatic heterocycles. The SMILES string of the molecule is Cc1cc(N(C)C)ccc1CC(C)NC1CCCSC1. The van der Waals surface area contributed by atoms with Crippen molar-refractivity contribution in [2.24, 2.45) is 0 Å². The lowest BCUT2D eigenvalue weighted by atomic mass is 10.00. The molecule has 1 aromatic carbocycles. The number of aryl methyl sites for hydroxylation is 1. The standard InChI is InChI=1S/C17H28N2S/c1-13-10-17(19(3)4)8-7-15(13)11-14(2)18-16-6-5-9-20-12-16/h7-8,10,14,16,18H,5-6,9,11-12H2,1-4H3. The molecule has 2 rings (SSSR count). The molecule has 0 spiro atoms. The summed E-state index contributed by atoms with van der Waals surface area (Å²) in [5, 5.41) is 3.80. The Hall–Kier alpha value is -0.670. The highest BCUT2D eigenvalue weighted by Gasteiger charge is 2.16. The molecule has 1 N–H and O–H groups in total. The van der Waals surface area contributed by atoms with Crippen molar-refractivity contribution in [1.82, 2.24) is 5.32 Å². The topological polar surface area (TPSA) is 15.3 Å². The average molecular weight is 292 g/mol. The van der Waals surface area contributed by atoms with Gasteiger partial charge in [0.1, 0.15) is 0 Å². The summed E-state index contributed by atoms with van der Waals surface area (Å²) in [6.07, 6.45) is 3.84. The van der Waals surface area contributed by atoms with Gasteiger partial charge in [0.15, 0.2) is 0 Å². The van der Waals surface area contributed by atoms with Gasteiger partial charge in [0.2, 0.25) is 0 Å². The van der Waals surface area contributed by atoms with E-state index in [1.807, 2.05) is 0 Å². The van der Waals surface area contributed by atoms with Crippen molar-refractivity contribution in [3.05, 3.63) is 29.3 Å². The number of thioether (sulfide) groups is 1. The van der Waals surface area contributed by atoms with Crippen molar-refractivity contribution in [2.45, 2.75) is 45.2 Å². The van der Waals surface area contributed by atoms with Gasteiger partial charge in [-0.1, -0.05) is 6.07 Å². The molecular formula is C17H28N2S. The molecule has 20 heavy (non-hydrogen) atoms. The van der Waals surface area contributed by atoms with Crippen LogP contribution in [-0.4, -0.2) is 37.7 Å². The largest absolute Gasteiger partial charge is 0.378 e. The van der Waals surface area contributed by atoms with E-state index >= 15 is 0 Å². The minimum absolute atomic E-state index is 0.558. The summed E-state index contributed by atoms with van der Waals surface area (Å²) in [6, 6.07) is 8.08. The molecule has 0 amide bonds. The van der Waals surface area contributed by atoms with Crippen LogP contribution < -0.4 is 10.2 Å². The van der Waals surface area contributed by atoms with Crippen LogP contribution in [-0.2, 0) is 6.42 Å². The fourth-order valence-corrected chi connectivity index (χ4v) is 3.94. The minimum atomic E-state index is 0.558. The Kier molecular flexibility index (Phi) is 5.79. The molecule has 0 saturated carbocycles. The lowest BCUT2D eigenvalue weighted by Gasteiger charge is -2.27. The number of anilines is 1. The lowest BCUT2D eigenvalue weighted by molar-refractivity contribution is 0.441. The van der Waals surface area contributed by atoms with Gasteiger partial charge in [0.25, 0.3) is 0 Å². The highest BCUT2D eigenvalue weighted by Crippen LogP contribution is 2.20. The van der Waals surface area contributed by atoms with Crippen molar-refractivity contribution < 1.29 is 0 Å². The maximum Gasteiger partial charge on any atom is 0.0363 e. The Bertz CT molecular complexity index is 425. The van der Waals surface area contributed by atoms with Crippen molar-refractivity contribution in [2.75, 3.05) is 30.5 Å². The zero-order valence-corrected chi connectivity index (χ0v) is 14.1. The predicted molar refractivity (Wildman–Crippen MR) is 92.2 cm³/mol. The lowest BCUT2D eigenvalue weighted by Crippen LogP contribution is -2.40. The number of rotatable bonds is 5. The van der Waals surface area contributed by atoms with E-state index in [0.717, 1.165) is 6.42 Å². The Labute approximate surface area is 128 Å². The quantitative estimate of drug-likeness (QED) is 0.894. The molecule has 1 heterocycles. The fraction of sp³-hybridized carbons (Fsp3) is 0.647. The van der Waals surface area contributed by atoms with E-state index in [-0.39, 0.29) is 0 Å². The third kappa shape index (κ3) is 4.42. The first-order chi connectivity index (χ1) is 9.56. The Balaban J connectivity index is 1.91. The zero-order valence-electron chi connectivity index (χ0n) is 13.3. The van der Waals surface area contributed by atoms with Crippen LogP contribution in [0.5, 0.6) is 0 Å². The van der Waals surface area contributed by atoms with Crippen LogP contribution in [0.4, 0.5) is 5.69 Å². The monoisotopic (exact) mass is 292 g/mol. The van der Waals surface area contributed by atoms with E-state index in [2.05, 4.69) is 68.1 Å². The van der Waals surface area contributed by atoms with E-state index in [4.69, 9.17) is 0 Å². The summed E-state index contributed by atoms with van der Waals surface area (Å²) < 4.78 is 0. The van der Waals surface area contributed by atoms with Gasteiger partial charge < -0.3 is 10.2 Å². The van der Waals surface area contributed by atoms with Crippen LogP contribution in [0.1, 0.15) is 30.9 Å². The molecule has 112 valence electrons. The predicted octanol–water partition coefficient (Wildman–Crippen LogP) is 3.48. The van der Waals surface area contributed by atoms with Crippen molar-refractivity contribution in [3.63, 3.8) is 0 Å². The molecule has 1 aliphatic rings. The van der Waals surface area contributed by atoms with E-state index in [1.54, 1.807) is 0 Å². The highest BCUT2D eigenvalue weighted by atomic mass is 32.2. The van der Waals surface area contributed by atoms with E-state index < -0.39 is 0 Å². The summed E-state index contributed by atoms with van der Waals surface area (Å²) in [7, 11) is 4.19. The Morgan fingerprint density at radius 1 is 1.40 bits per heavy atom. The molecule has 1 saturated heterocycles. The first-order valence-corrected chi connectivity index (χ1v) is 8.82. The number of nitrogens with zero attached hydrogens (tertiary/aromatic N) is 1. The Morgan fingerprint density at radius 2 is 2.20 bits per heavy atom. The summed E-state index contributed by atoms with van der Waals surface area (Å²) in [5.41, 5.74) is 4.16. The van der Waals surface area contributed by atoms with Crippen LogP contribution in [0, 0.1) is 6.92 Å². The summed E-state index contributed by atoms with van der Waals surface area (Å²) in [4.78, 5) is 2.16. The minimum Gasteiger partial charge on any atom is -0.378 e. The van der Waals surface area contributed by atoms with E-state index in [0.29, 0.717) is 12.1 Å². The van der Waals surface area contributed by atoms with Crippen LogP contribution >= 0.6 is 11.8 Å². The molecule has 2 atom stereocenters. The smallest absolute Gasteiger partial charge is 0.0363 e. The van der Waals surface area contributed by atoms with Gasteiger partial charge in [0.05, 0.1) is 0 Å². The van der Waals surface area contributed by atoms with Crippen LogP contribution in [0.3, 0.4) is 0 Å². The second-order valence-electron chi connectivity index (χ2n) is 6.19. The molecule has 1 fully saturated rings. The molecule has 1 aromatic rings. The molecule has 1 aliphatic heterocycles. The number of nitrogens with one attached hydrogen (secondary N) is 1. The van der Waals surface area contributed by atoms with Gasteiger partial charge in [-0.15, -0.1) is 0 Å². The fourth-order valence-electron chi connectivity index (χ4n) is 2.85. The maximum absolute atomic E-state index is 3.80. The summed E-state index contributed by atoms with van der Waals surface area (Å²) in [6.45, 7) is 4.55. The van der Waals surface area contributed by atoms with Gasteiger partial charge >= 0.3 is 0 Å². The van der Waals surface area contributed by atoms with Crippen molar-refractivity contribution in [1.29, 1.82) is 0 Å². The van der Waals surface area contributed by atoms with E-state index in [9.17, 15) is 0 Å². The summed E-state index contributed by atoms with van der Waals surface area (Å²) >= 11 is 2.09. The number of hydrogen-bond acceptors (Lipinski definition) is 3. The van der Waals surface area contributed by atoms with E-state index in [1.165, 1.54) is 41.2 Å². The van der Waals surface area contributed by atoms with Gasteiger partial charge in [-0.05, 0) is 62.1 Å². The number of hydrogen-bond donors (Lipinski definition) is 1. The highest BCUT2D eigenvalue weighted by molar-refractivity contribution is 7.99. The zero-order chi connectivity index (χ0) is 14.5. The summed E-state index contributed by atoms with van der Waals surface area (Å²) in [5.74, 6) is 2.63. The number of benzene rings is 1. The molecule has 0 radical (unpaired) electrons. The molecular weight excluding hydrogens is 264 g/mol. The van der Waals surface area contributed by atoms with Crippen LogP contribution in [0.15, 0.2) is 18.2 Å². The molecule has 0 bridgehead atoms. The molecule has 3 heteroatoms. The molecule has 2 nitrogen and oxygen atoms in total. The normalized spacial score (nSPS) is 20.7. The van der Waals surface area contributed by atoms with Crippen molar-refractivity contribution in [3.8, 4) is 0 Å². The van der Waals surface area contributed by atoms with Crippen LogP contribution in [0.25, 0.3) is 0 Å². The third-order valence-electron chi connectivity index (χ3n) is 4.05. The third-order valence-corrected chi connectivity index (χ3v) is 5.26. The first-order valence-electron chi connectivity index (χ1n) is 7.67. The van der Waals surface area contributed by atoms with Crippen LogP contribution in [0.2, 0.25) is 0 Å². The molecule has 0 aliphatic carbocycles. The second-order valence-corrected chi connectivity index (χ2v) is 7.34.